The molecule has 6 nitrogen and oxygen atoms in total. The lowest BCUT2D eigenvalue weighted by Gasteiger charge is -2.16. The summed E-state index contributed by atoms with van der Waals surface area (Å²) in [5.41, 5.74) is 6.22. The highest BCUT2D eigenvalue weighted by atomic mass is 35.5. The topological polar surface area (TPSA) is 93.5 Å². The van der Waals surface area contributed by atoms with Crippen LogP contribution >= 0.6 is 24.0 Å². The monoisotopic (exact) mass is 411 g/mol. The van der Waals surface area contributed by atoms with Gasteiger partial charge in [-0.25, -0.2) is 0 Å². The SMILES string of the molecule is CC(C)[C@H](N)C(=O)NCC(=O)Nc1ccccc1Oc1ccccc1Cl.Cl. The number of para-hydroxylation sites is 3. The molecule has 0 unspecified atom stereocenters. The minimum atomic E-state index is -0.654. The van der Waals surface area contributed by atoms with Crippen LogP contribution in [0.5, 0.6) is 11.5 Å². The van der Waals surface area contributed by atoms with Crippen LogP contribution in [0.3, 0.4) is 0 Å². The molecule has 1 atom stereocenters. The number of nitrogens with one attached hydrogen (secondary N) is 2. The van der Waals surface area contributed by atoms with Crippen molar-refractivity contribution in [2.24, 2.45) is 11.7 Å². The molecule has 0 radical (unpaired) electrons. The standard InChI is InChI=1S/C19H22ClN3O3.ClH/c1-12(2)18(21)19(25)22-11-17(24)23-14-8-4-6-10-16(14)26-15-9-5-3-7-13(15)20;/h3-10,12,18H,11,21H2,1-2H3,(H,22,25)(H,23,24);1H/t18-;/m0./s1. The quantitative estimate of drug-likeness (QED) is 0.648. The fourth-order valence-electron chi connectivity index (χ4n) is 2.09. The second kappa shape index (κ2) is 10.8. The van der Waals surface area contributed by atoms with Crippen molar-refractivity contribution in [1.82, 2.24) is 5.32 Å². The zero-order valence-corrected chi connectivity index (χ0v) is 16.6. The predicted molar refractivity (Wildman–Crippen MR) is 110 cm³/mol. The summed E-state index contributed by atoms with van der Waals surface area (Å²) in [5.74, 6) is 0.161. The first-order valence-electron chi connectivity index (χ1n) is 8.23. The highest BCUT2D eigenvalue weighted by Gasteiger charge is 2.18. The van der Waals surface area contributed by atoms with Crippen molar-refractivity contribution in [3.63, 3.8) is 0 Å². The molecule has 27 heavy (non-hydrogen) atoms. The molecule has 0 aliphatic heterocycles. The van der Waals surface area contributed by atoms with Gasteiger partial charge in [-0.1, -0.05) is 49.7 Å². The molecule has 0 fully saturated rings. The maximum Gasteiger partial charge on any atom is 0.243 e. The van der Waals surface area contributed by atoms with Crippen molar-refractivity contribution >= 4 is 41.5 Å². The lowest BCUT2D eigenvalue weighted by atomic mass is 10.1. The molecule has 0 aliphatic rings. The van der Waals surface area contributed by atoms with Gasteiger partial charge in [0, 0.05) is 0 Å². The third kappa shape index (κ3) is 6.75. The molecule has 0 heterocycles. The normalized spacial score (nSPS) is 11.3. The van der Waals surface area contributed by atoms with E-state index in [0.29, 0.717) is 22.2 Å². The second-order valence-electron chi connectivity index (χ2n) is 6.06. The zero-order chi connectivity index (χ0) is 19.1. The van der Waals surface area contributed by atoms with E-state index in [1.54, 1.807) is 48.5 Å². The third-order valence-electron chi connectivity index (χ3n) is 3.66. The van der Waals surface area contributed by atoms with E-state index in [1.165, 1.54) is 0 Å². The van der Waals surface area contributed by atoms with Crippen LogP contribution in [0, 0.1) is 5.92 Å². The van der Waals surface area contributed by atoms with Crippen molar-refractivity contribution in [3.8, 4) is 11.5 Å². The molecule has 0 bridgehead atoms. The lowest BCUT2D eigenvalue weighted by Crippen LogP contribution is -2.46. The summed E-state index contributed by atoms with van der Waals surface area (Å²) in [4.78, 5) is 24.0. The molecule has 0 saturated heterocycles. The van der Waals surface area contributed by atoms with Crippen LogP contribution in [-0.4, -0.2) is 24.4 Å². The van der Waals surface area contributed by atoms with Gasteiger partial charge >= 0.3 is 0 Å². The number of hydrogen-bond donors (Lipinski definition) is 3. The van der Waals surface area contributed by atoms with E-state index in [0.717, 1.165) is 0 Å². The van der Waals surface area contributed by atoms with Crippen LogP contribution in [0.15, 0.2) is 48.5 Å². The number of hydrogen-bond acceptors (Lipinski definition) is 4. The van der Waals surface area contributed by atoms with Gasteiger partial charge in [0.1, 0.15) is 5.75 Å². The Morgan fingerprint density at radius 3 is 2.30 bits per heavy atom. The van der Waals surface area contributed by atoms with Crippen molar-refractivity contribution < 1.29 is 14.3 Å². The summed E-state index contributed by atoms with van der Waals surface area (Å²) in [5, 5.41) is 5.70. The third-order valence-corrected chi connectivity index (χ3v) is 3.97. The average molecular weight is 412 g/mol. The van der Waals surface area contributed by atoms with E-state index < -0.39 is 6.04 Å². The van der Waals surface area contributed by atoms with Crippen LogP contribution in [0.25, 0.3) is 0 Å². The van der Waals surface area contributed by atoms with Gasteiger partial charge < -0.3 is 21.1 Å². The summed E-state index contributed by atoms with van der Waals surface area (Å²) >= 11 is 6.10. The summed E-state index contributed by atoms with van der Waals surface area (Å²) < 4.78 is 5.78. The Balaban J connectivity index is 0.00000364. The van der Waals surface area contributed by atoms with E-state index >= 15 is 0 Å². The minimum Gasteiger partial charge on any atom is -0.454 e. The molecule has 2 rings (SSSR count). The molecule has 0 spiro atoms. The molecule has 2 aromatic rings. The summed E-state index contributed by atoms with van der Waals surface area (Å²) in [6.45, 7) is 3.50. The zero-order valence-electron chi connectivity index (χ0n) is 15.1. The van der Waals surface area contributed by atoms with Gasteiger partial charge in [0.2, 0.25) is 11.8 Å². The number of carbonyl (C=O) groups excluding carboxylic acids is 2. The van der Waals surface area contributed by atoms with Gasteiger partial charge in [0.15, 0.2) is 5.75 Å². The van der Waals surface area contributed by atoms with Gasteiger partial charge in [-0.15, -0.1) is 12.4 Å². The van der Waals surface area contributed by atoms with Gasteiger partial charge in [-0.2, -0.15) is 0 Å². The molecule has 2 amide bonds. The average Bonchev–Trinajstić information content (AvgIpc) is 2.62. The highest BCUT2D eigenvalue weighted by Crippen LogP contribution is 2.33. The number of anilines is 1. The number of benzene rings is 2. The number of nitrogens with two attached hydrogens (primary N) is 1. The molecule has 0 aliphatic carbocycles. The largest absolute Gasteiger partial charge is 0.454 e. The second-order valence-corrected chi connectivity index (χ2v) is 6.47. The fourth-order valence-corrected chi connectivity index (χ4v) is 2.26. The first-order valence-corrected chi connectivity index (χ1v) is 8.61. The Labute approximate surface area is 169 Å². The molecule has 2 aromatic carbocycles. The Hall–Kier alpha value is -2.28. The summed E-state index contributed by atoms with van der Waals surface area (Å²) in [6.07, 6.45) is 0. The van der Waals surface area contributed by atoms with Crippen molar-refractivity contribution in [2.45, 2.75) is 19.9 Å². The van der Waals surface area contributed by atoms with E-state index in [1.807, 2.05) is 13.8 Å². The van der Waals surface area contributed by atoms with E-state index in [-0.39, 0.29) is 36.7 Å². The molecular weight excluding hydrogens is 389 g/mol. The molecule has 0 aromatic heterocycles. The molecule has 146 valence electrons. The van der Waals surface area contributed by atoms with Crippen LogP contribution in [-0.2, 0) is 9.59 Å². The van der Waals surface area contributed by atoms with Crippen molar-refractivity contribution in [1.29, 1.82) is 0 Å². The summed E-state index contributed by atoms with van der Waals surface area (Å²) in [7, 11) is 0. The molecule has 4 N–H and O–H groups in total. The molecule has 8 heteroatoms. The van der Waals surface area contributed by atoms with Crippen LogP contribution in [0.2, 0.25) is 5.02 Å². The first-order chi connectivity index (χ1) is 12.4. The Morgan fingerprint density at radius 1 is 1.07 bits per heavy atom. The Kier molecular flexibility index (Phi) is 9.08. The number of carbonyl (C=O) groups is 2. The van der Waals surface area contributed by atoms with Crippen LogP contribution in [0.4, 0.5) is 5.69 Å². The van der Waals surface area contributed by atoms with E-state index in [4.69, 9.17) is 22.1 Å². The molecular formula is C19H23Cl2N3O3. The van der Waals surface area contributed by atoms with Crippen molar-refractivity contribution in [2.75, 3.05) is 11.9 Å². The predicted octanol–water partition coefficient (Wildman–Crippen LogP) is 3.59. The van der Waals surface area contributed by atoms with Gasteiger partial charge in [0.05, 0.1) is 23.3 Å². The first kappa shape index (κ1) is 22.8. The fraction of sp³-hybridized carbons (Fsp3) is 0.263. The lowest BCUT2D eigenvalue weighted by molar-refractivity contribution is -0.125. The number of rotatable bonds is 7. The van der Waals surface area contributed by atoms with Gasteiger partial charge in [-0.05, 0) is 30.2 Å². The number of halogens is 2. The van der Waals surface area contributed by atoms with E-state index in [2.05, 4.69) is 10.6 Å². The van der Waals surface area contributed by atoms with Crippen LogP contribution in [0.1, 0.15) is 13.8 Å². The highest BCUT2D eigenvalue weighted by molar-refractivity contribution is 6.32. The van der Waals surface area contributed by atoms with Crippen LogP contribution < -0.4 is 21.1 Å². The Morgan fingerprint density at radius 2 is 1.67 bits per heavy atom. The van der Waals surface area contributed by atoms with E-state index in [9.17, 15) is 9.59 Å². The van der Waals surface area contributed by atoms with Crippen molar-refractivity contribution in [3.05, 3.63) is 53.6 Å². The minimum absolute atomic E-state index is 0. The smallest absolute Gasteiger partial charge is 0.243 e. The van der Waals surface area contributed by atoms with Gasteiger partial charge in [0.25, 0.3) is 0 Å². The maximum absolute atomic E-state index is 12.1. The van der Waals surface area contributed by atoms with Gasteiger partial charge in [-0.3, -0.25) is 9.59 Å². The molecule has 0 saturated carbocycles. The summed E-state index contributed by atoms with van der Waals surface area (Å²) in [6, 6.07) is 13.4. The number of ether oxygens (including phenoxy) is 1. The number of amides is 2. The Bertz CT molecular complexity index is 784. The maximum atomic E-state index is 12.1.